The number of anilines is 2. The standard InChI is InChI=1S/C20H15F2N3O2/c1-27-14-7-5-13(6-8-14)25-19(18-15(20(25)26)3-2-10-23-18)24-12-4-9-16(21)17(22)11-12/h2-11,19,24H,1H3. The minimum Gasteiger partial charge on any atom is -0.497 e. The van der Waals surface area contributed by atoms with Crippen LogP contribution in [0.3, 0.4) is 0 Å². The van der Waals surface area contributed by atoms with Crippen molar-refractivity contribution < 1.29 is 18.3 Å². The van der Waals surface area contributed by atoms with Crippen LogP contribution in [0.4, 0.5) is 20.2 Å². The maximum atomic E-state index is 13.6. The normalized spacial score (nSPS) is 15.6. The van der Waals surface area contributed by atoms with Crippen LogP contribution < -0.4 is 15.0 Å². The van der Waals surface area contributed by atoms with E-state index in [0.29, 0.717) is 28.4 Å². The number of benzene rings is 2. The minimum absolute atomic E-state index is 0.233. The molecule has 1 N–H and O–H groups in total. The number of pyridine rings is 1. The third-order valence-electron chi connectivity index (χ3n) is 4.38. The van der Waals surface area contributed by atoms with Gasteiger partial charge in [-0.25, -0.2) is 8.78 Å². The Morgan fingerprint density at radius 2 is 1.85 bits per heavy atom. The number of amides is 1. The van der Waals surface area contributed by atoms with Crippen molar-refractivity contribution in [3.05, 3.63) is 83.7 Å². The van der Waals surface area contributed by atoms with Gasteiger partial charge in [0.1, 0.15) is 5.75 Å². The lowest BCUT2D eigenvalue weighted by Crippen LogP contribution is -2.32. The maximum absolute atomic E-state index is 13.6. The molecule has 3 aromatic rings. The van der Waals surface area contributed by atoms with Crippen LogP contribution in [-0.2, 0) is 0 Å². The van der Waals surface area contributed by atoms with E-state index in [1.807, 2.05) is 0 Å². The van der Waals surface area contributed by atoms with E-state index in [1.165, 1.54) is 11.0 Å². The van der Waals surface area contributed by atoms with Gasteiger partial charge in [-0.05, 0) is 48.5 Å². The number of carbonyl (C=O) groups excluding carboxylic acids is 1. The number of rotatable bonds is 4. The van der Waals surface area contributed by atoms with Gasteiger partial charge >= 0.3 is 0 Å². The molecule has 1 aromatic heterocycles. The van der Waals surface area contributed by atoms with Crippen molar-refractivity contribution in [1.29, 1.82) is 0 Å². The first-order valence-electron chi connectivity index (χ1n) is 8.22. The number of ether oxygens (including phenoxy) is 1. The number of hydrogen-bond donors (Lipinski definition) is 1. The third-order valence-corrected chi connectivity index (χ3v) is 4.38. The molecule has 1 unspecified atom stereocenters. The Morgan fingerprint density at radius 1 is 1.07 bits per heavy atom. The summed E-state index contributed by atoms with van der Waals surface area (Å²) in [6.07, 6.45) is 0.927. The molecule has 1 aliphatic heterocycles. The van der Waals surface area contributed by atoms with E-state index in [1.54, 1.807) is 49.7 Å². The molecule has 4 rings (SSSR count). The van der Waals surface area contributed by atoms with Crippen molar-refractivity contribution in [1.82, 2.24) is 4.98 Å². The number of halogens is 2. The second-order valence-electron chi connectivity index (χ2n) is 5.99. The molecule has 0 saturated heterocycles. The lowest BCUT2D eigenvalue weighted by atomic mass is 10.2. The van der Waals surface area contributed by atoms with Crippen LogP contribution in [0, 0.1) is 11.6 Å². The molecular weight excluding hydrogens is 352 g/mol. The second kappa shape index (κ2) is 6.68. The molecule has 0 fully saturated rings. The first kappa shape index (κ1) is 17.0. The van der Waals surface area contributed by atoms with Gasteiger partial charge in [-0.15, -0.1) is 0 Å². The number of hydrogen-bond acceptors (Lipinski definition) is 4. The zero-order valence-electron chi connectivity index (χ0n) is 14.3. The molecule has 136 valence electrons. The summed E-state index contributed by atoms with van der Waals surface area (Å²) in [4.78, 5) is 18.8. The Bertz CT molecular complexity index is 1010. The summed E-state index contributed by atoms with van der Waals surface area (Å²) >= 11 is 0. The number of nitrogens with zero attached hydrogens (tertiary/aromatic N) is 2. The van der Waals surface area contributed by atoms with Crippen LogP contribution in [0.5, 0.6) is 5.75 Å². The summed E-state index contributed by atoms with van der Waals surface area (Å²) in [6, 6.07) is 13.9. The van der Waals surface area contributed by atoms with Crippen molar-refractivity contribution in [3.8, 4) is 5.75 Å². The van der Waals surface area contributed by atoms with E-state index in [9.17, 15) is 13.6 Å². The van der Waals surface area contributed by atoms with Gasteiger partial charge in [-0.3, -0.25) is 14.7 Å². The minimum atomic E-state index is -0.971. The van der Waals surface area contributed by atoms with Gasteiger partial charge in [0, 0.05) is 23.6 Å². The Morgan fingerprint density at radius 3 is 2.56 bits per heavy atom. The summed E-state index contributed by atoms with van der Waals surface area (Å²) in [5.41, 5.74) is 1.93. The van der Waals surface area contributed by atoms with Crippen molar-refractivity contribution in [2.45, 2.75) is 6.17 Å². The van der Waals surface area contributed by atoms with E-state index < -0.39 is 17.8 Å². The van der Waals surface area contributed by atoms with E-state index >= 15 is 0 Å². The Balaban J connectivity index is 1.76. The van der Waals surface area contributed by atoms with Gasteiger partial charge in [0.2, 0.25) is 0 Å². The SMILES string of the molecule is COc1ccc(N2C(=O)c3cccnc3C2Nc2ccc(F)c(F)c2)cc1. The quantitative estimate of drug-likeness (QED) is 0.753. The molecule has 0 bridgehead atoms. The van der Waals surface area contributed by atoms with Gasteiger partial charge in [0.05, 0.1) is 18.4 Å². The summed E-state index contributed by atoms with van der Waals surface area (Å²) in [5.74, 6) is -1.48. The zero-order chi connectivity index (χ0) is 19.0. The van der Waals surface area contributed by atoms with Crippen LogP contribution in [-0.4, -0.2) is 18.0 Å². The number of carbonyl (C=O) groups is 1. The highest BCUT2D eigenvalue weighted by Crippen LogP contribution is 2.37. The number of fused-ring (bicyclic) bond motifs is 1. The largest absolute Gasteiger partial charge is 0.497 e. The van der Waals surface area contributed by atoms with Crippen molar-refractivity contribution >= 4 is 17.3 Å². The highest BCUT2D eigenvalue weighted by atomic mass is 19.2. The highest BCUT2D eigenvalue weighted by molar-refractivity contribution is 6.11. The van der Waals surface area contributed by atoms with E-state index in [2.05, 4.69) is 10.3 Å². The van der Waals surface area contributed by atoms with Crippen molar-refractivity contribution in [2.75, 3.05) is 17.3 Å². The van der Waals surface area contributed by atoms with Crippen molar-refractivity contribution in [3.63, 3.8) is 0 Å². The molecule has 0 spiro atoms. The topological polar surface area (TPSA) is 54.5 Å². The van der Waals surface area contributed by atoms with Gasteiger partial charge in [-0.1, -0.05) is 0 Å². The number of aromatic nitrogens is 1. The lowest BCUT2D eigenvalue weighted by Gasteiger charge is -2.26. The average Bonchev–Trinajstić information content (AvgIpc) is 2.97. The lowest BCUT2D eigenvalue weighted by molar-refractivity contribution is 0.0993. The molecule has 0 saturated carbocycles. The fraction of sp³-hybridized carbons (Fsp3) is 0.100. The Kier molecular flexibility index (Phi) is 4.19. The molecule has 1 aliphatic rings. The second-order valence-corrected chi connectivity index (χ2v) is 5.99. The van der Waals surface area contributed by atoms with Crippen LogP contribution in [0.15, 0.2) is 60.8 Å². The first-order valence-corrected chi connectivity index (χ1v) is 8.22. The van der Waals surface area contributed by atoms with Crippen LogP contribution in [0.2, 0.25) is 0 Å². The van der Waals surface area contributed by atoms with Gasteiger partial charge in [0.15, 0.2) is 17.8 Å². The molecular formula is C20H15F2N3O2. The predicted molar refractivity (Wildman–Crippen MR) is 96.8 cm³/mol. The molecule has 7 heteroatoms. The Hall–Kier alpha value is -3.48. The summed E-state index contributed by atoms with van der Waals surface area (Å²) in [7, 11) is 1.56. The first-order chi connectivity index (χ1) is 13.1. The Labute approximate surface area is 154 Å². The molecule has 5 nitrogen and oxygen atoms in total. The fourth-order valence-corrected chi connectivity index (χ4v) is 3.07. The predicted octanol–water partition coefficient (Wildman–Crippen LogP) is 4.14. The third kappa shape index (κ3) is 2.97. The number of methoxy groups -OCH3 is 1. The van der Waals surface area contributed by atoms with Crippen LogP contribution in [0.1, 0.15) is 22.2 Å². The zero-order valence-corrected chi connectivity index (χ0v) is 14.3. The average molecular weight is 367 g/mol. The van der Waals surface area contributed by atoms with E-state index in [4.69, 9.17) is 4.74 Å². The molecule has 2 heterocycles. The van der Waals surface area contributed by atoms with Crippen LogP contribution in [0.25, 0.3) is 0 Å². The highest BCUT2D eigenvalue weighted by Gasteiger charge is 2.39. The summed E-state index contributed by atoms with van der Waals surface area (Å²) in [6.45, 7) is 0. The van der Waals surface area contributed by atoms with Gasteiger partial charge in [-0.2, -0.15) is 0 Å². The molecule has 0 radical (unpaired) electrons. The monoisotopic (exact) mass is 367 g/mol. The fourth-order valence-electron chi connectivity index (χ4n) is 3.07. The molecule has 27 heavy (non-hydrogen) atoms. The van der Waals surface area contributed by atoms with Crippen LogP contribution >= 0.6 is 0 Å². The molecule has 1 amide bonds. The van der Waals surface area contributed by atoms with E-state index in [0.717, 1.165) is 12.1 Å². The summed E-state index contributed by atoms with van der Waals surface area (Å²) < 4.78 is 32.0. The van der Waals surface area contributed by atoms with E-state index in [-0.39, 0.29) is 5.91 Å². The van der Waals surface area contributed by atoms with Crippen molar-refractivity contribution in [2.24, 2.45) is 0 Å². The number of nitrogens with one attached hydrogen (secondary N) is 1. The maximum Gasteiger partial charge on any atom is 0.262 e. The summed E-state index contributed by atoms with van der Waals surface area (Å²) in [5, 5.41) is 3.08. The van der Waals surface area contributed by atoms with Gasteiger partial charge < -0.3 is 10.1 Å². The van der Waals surface area contributed by atoms with Gasteiger partial charge in [0.25, 0.3) is 5.91 Å². The molecule has 2 aromatic carbocycles. The molecule has 1 atom stereocenters. The molecule has 0 aliphatic carbocycles. The smallest absolute Gasteiger partial charge is 0.262 e.